The topological polar surface area (TPSA) is 105 Å². The lowest BCUT2D eigenvalue weighted by atomic mass is 10.1. The highest BCUT2D eigenvalue weighted by Crippen LogP contribution is 2.25. The maximum atomic E-state index is 13.0. The number of aromatic nitrogens is 4. The van der Waals surface area contributed by atoms with Gasteiger partial charge in [-0.1, -0.05) is 94.9 Å². The zero-order chi connectivity index (χ0) is 37.0. The number of imidazole rings is 1. The molecule has 7 aromatic rings. The van der Waals surface area contributed by atoms with Gasteiger partial charge in [0.05, 0.1) is 26.4 Å². The highest BCUT2D eigenvalue weighted by atomic mass is 35.5. The van der Waals surface area contributed by atoms with Gasteiger partial charge in [0, 0.05) is 72.3 Å². The molecule has 3 aromatic heterocycles. The Morgan fingerprint density at radius 3 is 1.94 bits per heavy atom. The number of para-hydroxylation sites is 2. The van der Waals surface area contributed by atoms with Crippen LogP contribution in [0.2, 0.25) is 20.1 Å². The Kier molecular flexibility index (Phi) is 13.8. The summed E-state index contributed by atoms with van der Waals surface area (Å²) in [5, 5.41) is 11.2. The van der Waals surface area contributed by atoms with Gasteiger partial charge in [-0.05, 0) is 90.9 Å². The number of fused-ring (bicyclic) bond motifs is 2. The summed E-state index contributed by atoms with van der Waals surface area (Å²) < 4.78 is 0. The van der Waals surface area contributed by atoms with E-state index in [1.807, 2.05) is 59.6 Å². The fraction of sp³-hybridized carbons (Fsp3) is 0.220. The molecule has 12 heteroatoms. The molecule has 0 radical (unpaired) electrons. The maximum Gasteiger partial charge on any atom is 0.317 e. The van der Waals surface area contributed by atoms with Crippen LogP contribution in [-0.2, 0) is 32.4 Å². The summed E-state index contributed by atoms with van der Waals surface area (Å²) in [6, 6.07) is 27.7. The minimum atomic E-state index is -0.0967. The zero-order valence-electron chi connectivity index (χ0n) is 29.1. The first-order chi connectivity index (χ1) is 25.8. The predicted molar refractivity (Wildman–Crippen MR) is 219 cm³/mol. The molecule has 0 saturated carbocycles. The smallest absolute Gasteiger partial charge is 0.317 e. The molecule has 0 spiro atoms. The zero-order valence-corrected chi connectivity index (χ0v) is 32.1. The Labute approximate surface area is 329 Å². The van der Waals surface area contributed by atoms with Gasteiger partial charge in [-0.15, -0.1) is 0 Å². The van der Waals surface area contributed by atoms with E-state index in [9.17, 15) is 4.79 Å². The van der Waals surface area contributed by atoms with E-state index in [0.29, 0.717) is 39.7 Å². The molecule has 5 N–H and O–H groups in total. The average molecular weight is 790 g/mol. The first kappa shape index (κ1) is 38.3. The van der Waals surface area contributed by atoms with Crippen LogP contribution < -0.4 is 10.6 Å². The number of rotatable bonds is 14. The molecule has 0 aliphatic rings. The summed E-state index contributed by atoms with van der Waals surface area (Å²) in [4.78, 5) is 28.5. The van der Waals surface area contributed by atoms with Crippen molar-refractivity contribution in [3.63, 3.8) is 0 Å². The number of nitrogens with zero attached hydrogens (tertiary/aromatic N) is 2. The third-order valence-electron chi connectivity index (χ3n) is 8.98. The third-order valence-corrected chi connectivity index (χ3v) is 10.5. The van der Waals surface area contributed by atoms with Crippen molar-refractivity contribution in [1.82, 2.24) is 35.5 Å². The molecule has 0 atom stereocenters. The Morgan fingerprint density at radius 1 is 0.679 bits per heavy atom. The number of amides is 2. The number of urea groups is 1. The molecular formula is C41H41Cl4N7O. The van der Waals surface area contributed by atoms with Crippen LogP contribution in [0.4, 0.5) is 4.79 Å². The van der Waals surface area contributed by atoms with Crippen molar-refractivity contribution in [3.05, 3.63) is 158 Å². The number of hydrogen-bond donors (Lipinski definition) is 5. The summed E-state index contributed by atoms with van der Waals surface area (Å²) in [5.74, 6) is 0. The largest absolute Gasteiger partial charge is 0.361 e. The summed E-state index contributed by atoms with van der Waals surface area (Å²) >= 11 is 24.2. The van der Waals surface area contributed by atoms with Crippen LogP contribution in [0.25, 0.3) is 21.8 Å². The van der Waals surface area contributed by atoms with E-state index in [-0.39, 0.29) is 6.03 Å². The molecule has 2 amide bonds. The normalized spacial score (nSPS) is 11.1. The van der Waals surface area contributed by atoms with Gasteiger partial charge in [-0.3, -0.25) is 0 Å². The van der Waals surface area contributed by atoms with Crippen molar-refractivity contribution in [1.29, 1.82) is 0 Å². The SMILES string of the molecule is Clc1ccc(CNCCc2c[nH]c3ccccc23)cc1Cl.O=C(NCCCc1cnc[nH]1)N(CCc1c[nH]c2ccccc12)Cc1ccc(Cl)c(Cl)c1. The van der Waals surface area contributed by atoms with E-state index in [2.05, 4.69) is 67.1 Å². The molecule has 8 nitrogen and oxygen atoms in total. The van der Waals surface area contributed by atoms with Gasteiger partial charge in [0.2, 0.25) is 0 Å². The predicted octanol–water partition coefficient (Wildman–Crippen LogP) is 10.4. The van der Waals surface area contributed by atoms with Crippen LogP contribution in [0.5, 0.6) is 0 Å². The molecule has 0 unspecified atom stereocenters. The first-order valence-electron chi connectivity index (χ1n) is 17.5. The molecule has 3 heterocycles. The van der Waals surface area contributed by atoms with E-state index in [1.165, 1.54) is 27.4 Å². The van der Waals surface area contributed by atoms with Crippen LogP contribution in [0.3, 0.4) is 0 Å². The minimum Gasteiger partial charge on any atom is -0.361 e. The molecule has 0 fully saturated rings. The number of carbonyl (C=O) groups excluding carboxylic acids is 1. The number of carbonyl (C=O) groups is 1. The number of hydrogen-bond acceptors (Lipinski definition) is 3. The number of benzene rings is 4. The van der Waals surface area contributed by atoms with E-state index >= 15 is 0 Å². The van der Waals surface area contributed by atoms with Crippen molar-refractivity contribution in [3.8, 4) is 0 Å². The lowest BCUT2D eigenvalue weighted by molar-refractivity contribution is 0.195. The minimum absolute atomic E-state index is 0.0967. The Hall–Kier alpha value is -4.44. The van der Waals surface area contributed by atoms with Gasteiger partial charge in [0.15, 0.2) is 0 Å². The number of aryl methyl sites for hydroxylation is 1. The van der Waals surface area contributed by atoms with Crippen LogP contribution in [0, 0.1) is 0 Å². The average Bonchev–Trinajstić information content (AvgIpc) is 3.94. The van der Waals surface area contributed by atoms with Crippen LogP contribution in [0.15, 0.2) is 110 Å². The third kappa shape index (κ3) is 10.8. The Morgan fingerprint density at radius 2 is 1.30 bits per heavy atom. The van der Waals surface area contributed by atoms with E-state index < -0.39 is 0 Å². The fourth-order valence-electron chi connectivity index (χ4n) is 6.16. The van der Waals surface area contributed by atoms with Crippen LogP contribution in [0.1, 0.15) is 34.4 Å². The van der Waals surface area contributed by atoms with Gasteiger partial charge in [0.1, 0.15) is 0 Å². The van der Waals surface area contributed by atoms with Crippen molar-refractivity contribution in [2.24, 2.45) is 0 Å². The molecule has 0 aliphatic heterocycles. The molecule has 0 bridgehead atoms. The highest BCUT2D eigenvalue weighted by Gasteiger charge is 2.16. The molecule has 0 aliphatic carbocycles. The van der Waals surface area contributed by atoms with Gasteiger partial charge < -0.3 is 30.5 Å². The number of H-pyrrole nitrogens is 3. The first-order valence-corrected chi connectivity index (χ1v) is 19.0. The molecule has 274 valence electrons. The van der Waals surface area contributed by atoms with Gasteiger partial charge >= 0.3 is 6.03 Å². The number of nitrogens with one attached hydrogen (secondary N) is 5. The van der Waals surface area contributed by atoms with E-state index in [4.69, 9.17) is 46.4 Å². The lowest BCUT2D eigenvalue weighted by Gasteiger charge is -2.23. The van der Waals surface area contributed by atoms with Crippen molar-refractivity contribution in [2.45, 2.75) is 38.8 Å². The molecule has 0 saturated heterocycles. The van der Waals surface area contributed by atoms with Crippen molar-refractivity contribution >= 4 is 74.2 Å². The van der Waals surface area contributed by atoms with E-state index in [1.54, 1.807) is 18.6 Å². The summed E-state index contributed by atoms with van der Waals surface area (Å²) in [7, 11) is 0. The second-order valence-electron chi connectivity index (χ2n) is 12.7. The van der Waals surface area contributed by atoms with Crippen LogP contribution >= 0.6 is 46.4 Å². The Balaban J connectivity index is 0.000000198. The highest BCUT2D eigenvalue weighted by molar-refractivity contribution is 6.42. The maximum absolute atomic E-state index is 13.0. The second-order valence-corrected chi connectivity index (χ2v) is 14.4. The summed E-state index contributed by atoms with van der Waals surface area (Å²) in [5.41, 5.74) is 7.96. The molecule has 4 aromatic carbocycles. The van der Waals surface area contributed by atoms with Gasteiger partial charge in [0.25, 0.3) is 0 Å². The molecule has 53 heavy (non-hydrogen) atoms. The van der Waals surface area contributed by atoms with Gasteiger partial charge in [-0.25, -0.2) is 9.78 Å². The fourth-order valence-corrected chi connectivity index (χ4v) is 6.80. The monoisotopic (exact) mass is 787 g/mol. The molecule has 7 rings (SSSR count). The Bertz CT molecular complexity index is 2230. The summed E-state index contributed by atoms with van der Waals surface area (Å²) in [6.07, 6.45) is 11.0. The lowest BCUT2D eigenvalue weighted by Crippen LogP contribution is -2.41. The molecular weight excluding hydrogens is 748 g/mol. The summed E-state index contributed by atoms with van der Waals surface area (Å²) in [6.45, 7) is 3.32. The van der Waals surface area contributed by atoms with Crippen molar-refractivity contribution in [2.75, 3.05) is 19.6 Å². The number of aromatic amines is 3. The number of halogens is 4. The second kappa shape index (κ2) is 19.1. The standard InChI is InChI=1S/C24H25Cl2N5O.C17H16Cl2N2/c25-21-8-7-17(12-22(21)26)15-31(24(32)28-10-3-4-19-14-27-16-30-19)11-9-18-13-29-23-6-2-1-5-20(18)23;18-15-6-5-12(9-16(15)19)10-20-8-7-13-11-21-17-4-2-1-3-14(13)17/h1-2,5-8,12-14,16,29H,3-4,9-11,15H2,(H,27,30)(H,28,32);1-6,9,11,20-21H,7-8,10H2. The quantitative estimate of drug-likeness (QED) is 0.0709. The van der Waals surface area contributed by atoms with Crippen molar-refractivity contribution < 1.29 is 4.79 Å². The van der Waals surface area contributed by atoms with Crippen LogP contribution in [-0.4, -0.2) is 50.5 Å². The van der Waals surface area contributed by atoms with E-state index in [0.717, 1.165) is 61.1 Å². The van der Waals surface area contributed by atoms with Gasteiger partial charge in [-0.2, -0.15) is 0 Å².